The van der Waals surface area contributed by atoms with Gasteiger partial charge in [0.15, 0.2) is 0 Å². The van der Waals surface area contributed by atoms with Crippen molar-refractivity contribution in [3.8, 4) is 0 Å². The fraction of sp³-hybridized carbons (Fsp3) is 1.00. The molecule has 2 heteroatoms. The number of rotatable bonds is 5. The molecule has 0 aromatic carbocycles. The van der Waals surface area contributed by atoms with Crippen LogP contribution in [-0.4, -0.2) is 36.6 Å². The third kappa shape index (κ3) is 4.42. The van der Waals surface area contributed by atoms with Crippen LogP contribution in [0.5, 0.6) is 0 Å². The maximum absolute atomic E-state index is 3.60. The van der Waals surface area contributed by atoms with Crippen LogP contribution in [0.25, 0.3) is 0 Å². The van der Waals surface area contributed by atoms with Gasteiger partial charge in [-0.3, -0.25) is 4.90 Å². The van der Waals surface area contributed by atoms with Crippen LogP contribution in [0.15, 0.2) is 0 Å². The molecule has 2 nitrogen and oxygen atoms in total. The summed E-state index contributed by atoms with van der Waals surface area (Å²) < 4.78 is 0. The number of hydrogen-bond acceptors (Lipinski definition) is 2. The van der Waals surface area contributed by atoms with Crippen molar-refractivity contribution < 1.29 is 0 Å². The Balaban J connectivity index is 2.36. The average molecular weight is 226 g/mol. The van der Waals surface area contributed by atoms with E-state index < -0.39 is 0 Å². The molecular formula is C14H30N2. The zero-order valence-corrected chi connectivity index (χ0v) is 11.8. The summed E-state index contributed by atoms with van der Waals surface area (Å²) in [5.74, 6) is 1.62. The predicted molar refractivity (Wildman–Crippen MR) is 71.8 cm³/mol. The maximum atomic E-state index is 3.60. The Morgan fingerprint density at radius 2 is 2.06 bits per heavy atom. The topological polar surface area (TPSA) is 15.3 Å². The lowest BCUT2D eigenvalue weighted by atomic mass is 9.93. The lowest BCUT2D eigenvalue weighted by Gasteiger charge is -2.43. The predicted octanol–water partition coefficient (Wildman–Crippen LogP) is 2.74. The van der Waals surface area contributed by atoms with E-state index in [4.69, 9.17) is 0 Å². The van der Waals surface area contributed by atoms with E-state index >= 15 is 0 Å². The fourth-order valence-corrected chi connectivity index (χ4v) is 2.52. The zero-order chi connectivity index (χ0) is 12.2. The average Bonchev–Trinajstić information content (AvgIpc) is 2.16. The van der Waals surface area contributed by atoms with Crippen molar-refractivity contribution in [1.29, 1.82) is 0 Å². The van der Waals surface area contributed by atoms with E-state index in [0.717, 1.165) is 24.9 Å². The molecule has 1 aliphatic rings. The van der Waals surface area contributed by atoms with Crippen LogP contribution in [-0.2, 0) is 0 Å². The van der Waals surface area contributed by atoms with Crippen molar-refractivity contribution in [1.82, 2.24) is 10.2 Å². The maximum Gasteiger partial charge on any atom is 0.0277 e. The van der Waals surface area contributed by atoms with Gasteiger partial charge < -0.3 is 5.32 Å². The molecule has 96 valence electrons. The third-order valence-electron chi connectivity index (χ3n) is 3.62. The minimum absolute atomic E-state index is 0.309. The van der Waals surface area contributed by atoms with E-state index in [1.54, 1.807) is 0 Å². The smallest absolute Gasteiger partial charge is 0.0277 e. The van der Waals surface area contributed by atoms with Gasteiger partial charge in [-0.15, -0.1) is 0 Å². The van der Waals surface area contributed by atoms with E-state index in [1.165, 1.54) is 25.9 Å². The van der Waals surface area contributed by atoms with E-state index in [9.17, 15) is 0 Å². The van der Waals surface area contributed by atoms with E-state index in [0.29, 0.717) is 5.54 Å². The summed E-state index contributed by atoms with van der Waals surface area (Å²) in [4.78, 5) is 2.66. The second kappa shape index (κ2) is 6.02. The molecular weight excluding hydrogens is 196 g/mol. The molecule has 1 heterocycles. The molecule has 1 N–H and O–H groups in total. The van der Waals surface area contributed by atoms with Crippen LogP contribution in [0, 0.1) is 11.8 Å². The number of nitrogens with zero attached hydrogens (tertiary/aromatic N) is 1. The lowest BCUT2D eigenvalue weighted by Crippen LogP contribution is -2.54. The molecule has 0 radical (unpaired) electrons. The highest BCUT2D eigenvalue weighted by Crippen LogP contribution is 2.23. The molecule has 0 bridgehead atoms. The van der Waals surface area contributed by atoms with Crippen molar-refractivity contribution in [2.75, 3.05) is 26.2 Å². The Hall–Kier alpha value is -0.0800. The van der Waals surface area contributed by atoms with Crippen LogP contribution in [0.2, 0.25) is 0 Å². The second-order valence-electron chi connectivity index (χ2n) is 6.53. The van der Waals surface area contributed by atoms with Gasteiger partial charge >= 0.3 is 0 Å². The molecule has 1 unspecified atom stereocenters. The number of likely N-dealkylation sites (tertiary alicyclic amines) is 1. The molecule has 1 saturated heterocycles. The summed E-state index contributed by atoms with van der Waals surface area (Å²) in [5, 5.41) is 3.60. The summed E-state index contributed by atoms with van der Waals surface area (Å²) in [6.07, 6.45) is 2.78. The van der Waals surface area contributed by atoms with Crippen molar-refractivity contribution in [3.63, 3.8) is 0 Å². The first-order valence-electron chi connectivity index (χ1n) is 6.87. The Bertz CT molecular complexity index is 199. The van der Waals surface area contributed by atoms with Gasteiger partial charge in [0.1, 0.15) is 0 Å². The summed E-state index contributed by atoms with van der Waals surface area (Å²) in [6, 6.07) is 0. The van der Waals surface area contributed by atoms with Gasteiger partial charge in [0.2, 0.25) is 0 Å². The Kier molecular flexibility index (Phi) is 5.26. The lowest BCUT2D eigenvalue weighted by molar-refractivity contribution is 0.0705. The van der Waals surface area contributed by atoms with E-state index in [1.807, 2.05) is 0 Å². The molecule has 0 aliphatic carbocycles. The standard InChI is InChI=1S/C14H30N2/c1-12(2)9-15-11-14(4,5)16-8-6-7-13(3)10-16/h12-13,15H,6-11H2,1-5H3. The van der Waals surface area contributed by atoms with Crippen LogP contribution in [0.3, 0.4) is 0 Å². The number of hydrogen-bond donors (Lipinski definition) is 1. The Labute approximate surface area is 102 Å². The Morgan fingerprint density at radius 3 is 2.62 bits per heavy atom. The van der Waals surface area contributed by atoms with Gasteiger partial charge in [-0.25, -0.2) is 0 Å². The first-order chi connectivity index (χ1) is 7.42. The van der Waals surface area contributed by atoms with E-state index in [-0.39, 0.29) is 0 Å². The van der Waals surface area contributed by atoms with Gasteiger partial charge in [-0.05, 0) is 51.6 Å². The van der Waals surface area contributed by atoms with Gasteiger partial charge in [0.25, 0.3) is 0 Å². The SMILES string of the molecule is CC(C)CNCC(C)(C)N1CCCC(C)C1. The monoisotopic (exact) mass is 226 g/mol. The largest absolute Gasteiger partial charge is 0.315 e. The molecule has 1 rings (SSSR count). The van der Waals surface area contributed by atoms with Crippen molar-refractivity contribution in [3.05, 3.63) is 0 Å². The summed E-state index contributed by atoms with van der Waals surface area (Å²) >= 11 is 0. The first-order valence-corrected chi connectivity index (χ1v) is 6.87. The highest BCUT2D eigenvalue weighted by atomic mass is 15.2. The second-order valence-corrected chi connectivity index (χ2v) is 6.53. The number of nitrogens with one attached hydrogen (secondary N) is 1. The van der Waals surface area contributed by atoms with Gasteiger partial charge in [-0.1, -0.05) is 20.8 Å². The summed E-state index contributed by atoms with van der Waals surface area (Å²) in [6.45, 7) is 16.5. The minimum atomic E-state index is 0.309. The quantitative estimate of drug-likeness (QED) is 0.775. The van der Waals surface area contributed by atoms with Crippen LogP contribution in [0.4, 0.5) is 0 Å². The van der Waals surface area contributed by atoms with Crippen LogP contribution in [0.1, 0.15) is 47.5 Å². The molecule has 0 aromatic heterocycles. The van der Waals surface area contributed by atoms with Gasteiger partial charge in [-0.2, -0.15) is 0 Å². The van der Waals surface area contributed by atoms with Crippen molar-refractivity contribution in [2.45, 2.75) is 53.0 Å². The highest BCUT2D eigenvalue weighted by Gasteiger charge is 2.29. The van der Waals surface area contributed by atoms with Crippen molar-refractivity contribution >= 4 is 0 Å². The summed E-state index contributed by atoms with van der Waals surface area (Å²) in [7, 11) is 0. The molecule has 0 spiro atoms. The zero-order valence-electron chi connectivity index (χ0n) is 11.8. The molecule has 1 fully saturated rings. The minimum Gasteiger partial charge on any atom is -0.315 e. The first kappa shape index (κ1) is 14.0. The normalized spacial score (nSPS) is 24.0. The van der Waals surface area contributed by atoms with Crippen molar-refractivity contribution in [2.24, 2.45) is 11.8 Å². The van der Waals surface area contributed by atoms with Gasteiger partial charge in [0.05, 0.1) is 0 Å². The fourth-order valence-electron chi connectivity index (χ4n) is 2.52. The Morgan fingerprint density at radius 1 is 1.38 bits per heavy atom. The summed E-state index contributed by atoms with van der Waals surface area (Å²) in [5.41, 5.74) is 0.309. The van der Waals surface area contributed by atoms with Gasteiger partial charge in [0, 0.05) is 18.6 Å². The number of piperidine rings is 1. The van der Waals surface area contributed by atoms with Crippen LogP contribution < -0.4 is 5.32 Å². The molecule has 0 saturated carbocycles. The molecule has 16 heavy (non-hydrogen) atoms. The third-order valence-corrected chi connectivity index (χ3v) is 3.62. The molecule has 1 atom stereocenters. The van der Waals surface area contributed by atoms with E-state index in [2.05, 4.69) is 44.8 Å². The highest BCUT2D eigenvalue weighted by molar-refractivity contribution is 4.87. The molecule has 0 amide bonds. The van der Waals surface area contributed by atoms with Crippen LogP contribution >= 0.6 is 0 Å². The molecule has 0 aromatic rings. The molecule has 1 aliphatic heterocycles.